The number of fused-ring (bicyclic) bond motifs is 1. The maximum absolute atomic E-state index is 13.4. The molecule has 1 aromatic carbocycles. The number of Topliss-reactive ketones (excluding diaryl/α,β-unsaturated/α-hetero) is 1. The summed E-state index contributed by atoms with van der Waals surface area (Å²) in [6, 6.07) is 7.83. The molecule has 0 radical (unpaired) electrons. The van der Waals surface area contributed by atoms with Crippen molar-refractivity contribution in [3.63, 3.8) is 0 Å². The van der Waals surface area contributed by atoms with E-state index in [-0.39, 0.29) is 36.2 Å². The molecule has 2 aromatic rings. The number of benzene rings is 1. The fourth-order valence-electron chi connectivity index (χ4n) is 6.39. The molecule has 0 bridgehead atoms. The first kappa shape index (κ1) is 32.0. The molecule has 2 aliphatic heterocycles. The molecule has 2 N–H and O–H groups in total. The summed E-state index contributed by atoms with van der Waals surface area (Å²) in [5.41, 5.74) is 1.11. The number of halogens is 1. The normalized spacial score (nSPS) is 31.3. The molecule has 1 aromatic heterocycles. The molecule has 0 saturated carbocycles. The van der Waals surface area contributed by atoms with Crippen LogP contribution in [0.1, 0.15) is 85.3 Å². The highest BCUT2D eigenvalue weighted by Gasteiger charge is 2.58. The molecule has 2 aliphatic rings. The van der Waals surface area contributed by atoms with Crippen LogP contribution in [0.3, 0.4) is 0 Å². The Morgan fingerprint density at radius 1 is 1.17 bits per heavy atom. The van der Waals surface area contributed by atoms with E-state index in [1.54, 1.807) is 25.1 Å². The van der Waals surface area contributed by atoms with E-state index in [0.29, 0.717) is 42.8 Å². The van der Waals surface area contributed by atoms with Crippen LogP contribution in [-0.4, -0.2) is 69.0 Å². The smallest absolute Gasteiger partial charge is 0.306 e. The minimum atomic E-state index is -0.776. The van der Waals surface area contributed by atoms with Gasteiger partial charge in [0.2, 0.25) is 0 Å². The Hall–Kier alpha value is -2.88. The number of rotatable bonds is 5. The van der Waals surface area contributed by atoms with Crippen LogP contribution >= 0.6 is 0 Å². The highest BCUT2D eigenvalue weighted by atomic mass is 19.1. The van der Waals surface area contributed by atoms with Gasteiger partial charge in [-0.1, -0.05) is 38.8 Å². The number of hydrogen-bond acceptors (Lipinski definition) is 8. The van der Waals surface area contributed by atoms with Crippen LogP contribution in [0.15, 0.2) is 40.4 Å². The molecule has 2 saturated heterocycles. The molecule has 4 unspecified atom stereocenters. The summed E-state index contributed by atoms with van der Waals surface area (Å²) in [4.78, 5) is 28.6. The van der Waals surface area contributed by atoms with Gasteiger partial charge in [0.15, 0.2) is 5.76 Å². The summed E-state index contributed by atoms with van der Waals surface area (Å²) in [6.07, 6.45) is 4.61. The van der Waals surface area contributed by atoms with Crippen LogP contribution in [0.4, 0.5) is 4.39 Å². The lowest BCUT2D eigenvalue weighted by atomic mass is 9.76. The molecular weight excluding hydrogens is 539 g/mol. The minimum absolute atomic E-state index is 0.0316. The number of ether oxygens (including phenoxy) is 1. The second-order valence-corrected chi connectivity index (χ2v) is 12.9. The average molecular weight is 585 g/mol. The van der Waals surface area contributed by atoms with E-state index in [1.165, 1.54) is 12.1 Å². The fourth-order valence-corrected chi connectivity index (χ4v) is 6.39. The number of hydrogen-bond donors (Lipinski definition) is 2. The van der Waals surface area contributed by atoms with Crippen molar-refractivity contribution in [1.29, 1.82) is 0 Å². The second kappa shape index (κ2) is 13.2. The first-order valence-electron chi connectivity index (χ1n) is 15.1. The molecule has 0 aliphatic carbocycles. The molecule has 2 fully saturated rings. The Morgan fingerprint density at radius 3 is 2.57 bits per heavy atom. The van der Waals surface area contributed by atoms with Gasteiger partial charge in [-0.15, -0.1) is 0 Å². The number of aliphatic hydroxyl groups excluding tert-OH is 2. The Kier molecular flexibility index (Phi) is 10.1. The van der Waals surface area contributed by atoms with E-state index in [4.69, 9.17) is 9.26 Å². The maximum Gasteiger partial charge on any atom is 0.306 e. The molecule has 230 valence electrons. The zero-order valence-electron chi connectivity index (χ0n) is 25.4. The quantitative estimate of drug-likeness (QED) is 0.347. The lowest BCUT2D eigenvalue weighted by Crippen LogP contribution is -2.36. The number of aliphatic hydroxyl groups is 2. The predicted octanol–water partition coefficient (Wildman–Crippen LogP) is 5.57. The SMILES string of the molecule is C/C(=C\c1cc(-c2ccc(F)cc2)on1)C1CC2N(CCO)[C@]2(C)CCCCC(O)[C@@H](C)C(=O)C(C)(C)CCC(=O)O1. The highest BCUT2D eigenvalue weighted by molar-refractivity contribution is 5.87. The van der Waals surface area contributed by atoms with E-state index < -0.39 is 29.5 Å². The number of nitrogens with zero attached hydrogens (tertiary/aromatic N) is 2. The monoisotopic (exact) mass is 584 g/mol. The summed E-state index contributed by atoms with van der Waals surface area (Å²) >= 11 is 0. The van der Waals surface area contributed by atoms with Gasteiger partial charge in [-0.25, -0.2) is 4.39 Å². The number of aromatic nitrogens is 1. The number of β-amino-alcohol motifs (C(OH)–C–C–N with tert-alkyl or cyclic N) is 1. The van der Waals surface area contributed by atoms with Crippen molar-refractivity contribution in [2.75, 3.05) is 13.2 Å². The van der Waals surface area contributed by atoms with Gasteiger partial charge in [-0.05, 0) is 69.0 Å². The van der Waals surface area contributed by atoms with Gasteiger partial charge in [0.05, 0.1) is 12.7 Å². The summed E-state index contributed by atoms with van der Waals surface area (Å²) in [5, 5.41) is 24.6. The van der Waals surface area contributed by atoms with Crippen molar-refractivity contribution in [3.8, 4) is 11.3 Å². The third kappa shape index (κ3) is 7.36. The van der Waals surface area contributed by atoms with E-state index in [0.717, 1.165) is 24.8 Å². The molecule has 0 amide bonds. The molecule has 9 heteroatoms. The number of carbonyl (C=O) groups is 2. The summed E-state index contributed by atoms with van der Waals surface area (Å²) in [5.74, 6) is -0.789. The van der Waals surface area contributed by atoms with Crippen molar-refractivity contribution in [2.45, 2.75) is 103 Å². The largest absolute Gasteiger partial charge is 0.458 e. The Labute approximate surface area is 247 Å². The van der Waals surface area contributed by atoms with Crippen LogP contribution < -0.4 is 0 Å². The van der Waals surface area contributed by atoms with Gasteiger partial charge < -0.3 is 19.5 Å². The summed E-state index contributed by atoms with van der Waals surface area (Å²) in [7, 11) is 0. The topological polar surface area (TPSA) is 113 Å². The number of ketones is 1. The standard InChI is InChI=1S/C33H45FN2O6/c1-21(18-25-19-28(42-35-25)23-9-11-24(34)12-10-23)27-20-29-33(5,36(29)16-17-37)14-7-6-8-26(38)22(2)31(40)32(3,4)15-13-30(39)41-27/h9-12,18-19,22,26-27,29,37-38H,6-8,13-17,20H2,1-5H3/b21-18+/t22-,26?,27?,29?,33-,36?/m1/s1. The maximum atomic E-state index is 13.4. The zero-order valence-corrected chi connectivity index (χ0v) is 25.4. The molecule has 42 heavy (non-hydrogen) atoms. The third-order valence-corrected chi connectivity index (χ3v) is 9.32. The van der Waals surface area contributed by atoms with Gasteiger partial charge in [-0.2, -0.15) is 0 Å². The lowest BCUT2D eigenvalue weighted by Gasteiger charge is -2.29. The molecular formula is C33H45FN2O6. The Morgan fingerprint density at radius 2 is 1.88 bits per heavy atom. The van der Waals surface area contributed by atoms with E-state index in [2.05, 4.69) is 17.0 Å². The summed E-state index contributed by atoms with van der Waals surface area (Å²) < 4.78 is 24.9. The van der Waals surface area contributed by atoms with Crippen molar-refractivity contribution in [2.24, 2.45) is 11.3 Å². The van der Waals surface area contributed by atoms with Crippen molar-refractivity contribution in [3.05, 3.63) is 47.4 Å². The van der Waals surface area contributed by atoms with Gasteiger partial charge in [0.25, 0.3) is 0 Å². The first-order chi connectivity index (χ1) is 19.9. The lowest BCUT2D eigenvalue weighted by molar-refractivity contribution is -0.148. The molecule has 3 heterocycles. The summed E-state index contributed by atoms with van der Waals surface area (Å²) in [6.45, 7) is 10.0. The van der Waals surface area contributed by atoms with Crippen molar-refractivity contribution < 1.29 is 33.5 Å². The molecule has 6 atom stereocenters. The van der Waals surface area contributed by atoms with Gasteiger partial charge in [-0.3, -0.25) is 14.5 Å². The van der Waals surface area contributed by atoms with Crippen LogP contribution in [0.5, 0.6) is 0 Å². The zero-order chi connectivity index (χ0) is 30.7. The Balaban J connectivity index is 1.58. The van der Waals surface area contributed by atoms with Gasteiger partial charge >= 0.3 is 5.97 Å². The molecule has 4 rings (SSSR count). The van der Waals surface area contributed by atoms with Gasteiger partial charge in [0, 0.05) is 53.9 Å². The van der Waals surface area contributed by atoms with Gasteiger partial charge in [0.1, 0.15) is 23.4 Å². The highest BCUT2D eigenvalue weighted by Crippen LogP contribution is 2.48. The third-order valence-electron chi connectivity index (χ3n) is 9.32. The van der Waals surface area contributed by atoms with E-state index >= 15 is 0 Å². The van der Waals surface area contributed by atoms with Crippen LogP contribution in [-0.2, 0) is 14.3 Å². The average Bonchev–Trinajstić information content (AvgIpc) is 3.24. The van der Waals surface area contributed by atoms with E-state index in [9.17, 15) is 24.2 Å². The van der Waals surface area contributed by atoms with Crippen molar-refractivity contribution in [1.82, 2.24) is 10.1 Å². The fraction of sp³-hybridized carbons (Fsp3) is 0.606. The van der Waals surface area contributed by atoms with Crippen LogP contribution in [0.2, 0.25) is 0 Å². The Bertz CT molecular complexity index is 1270. The number of esters is 1. The molecule has 0 spiro atoms. The first-order valence-corrected chi connectivity index (χ1v) is 15.1. The number of cyclic esters (lactones) is 1. The van der Waals surface area contributed by atoms with Crippen molar-refractivity contribution >= 4 is 17.8 Å². The van der Waals surface area contributed by atoms with Crippen LogP contribution in [0, 0.1) is 17.2 Å². The number of carbonyl (C=O) groups excluding carboxylic acids is 2. The minimum Gasteiger partial charge on any atom is -0.458 e. The molecule has 8 nitrogen and oxygen atoms in total. The van der Waals surface area contributed by atoms with Crippen LogP contribution in [0.25, 0.3) is 17.4 Å². The second-order valence-electron chi connectivity index (χ2n) is 12.9. The van der Waals surface area contributed by atoms with E-state index in [1.807, 2.05) is 26.8 Å². The predicted molar refractivity (Wildman–Crippen MR) is 158 cm³/mol.